The Morgan fingerprint density at radius 1 is 0.700 bits per heavy atom. The number of Topliss-reactive ketones (excluding diaryl/α,β-unsaturated/α-hetero) is 1. The van der Waals surface area contributed by atoms with Crippen LogP contribution in [0, 0.1) is 118 Å². The normalized spacial score (nSPS) is 56.5. The molecule has 0 heterocycles. The van der Waals surface area contributed by atoms with Gasteiger partial charge in [0.05, 0.1) is 6.10 Å². The number of hydrogen-bond acceptors (Lipinski definition) is 4. The van der Waals surface area contributed by atoms with E-state index < -0.39 is 11.2 Å². The Kier molecular flexibility index (Phi) is 9.02. The van der Waals surface area contributed by atoms with Gasteiger partial charge in [-0.2, -0.15) is 0 Å². The third kappa shape index (κ3) is 4.93. The average molecular weight is 683 g/mol. The van der Waals surface area contributed by atoms with E-state index in [2.05, 4.69) is 66.5 Å². The lowest BCUT2D eigenvalue weighted by atomic mass is 9.46. The SMILES string of the molecule is C#C[C@]1(O)[C@H](C)CC2C3C(C(=C)C[C@@]21C)C1CCC(=O)C[C@@H]1C[C@H]3C.C#C[C@]1(O)[C@H](C)CC2C3C(C(=C)C[C@@]21C)C1CC[C@H](O)C[C@@H]1C[C@H]3C. The van der Waals surface area contributed by atoms with Gasteiger partial charge in [-0.15, -0.1) is 12.8 Å². The summed E-state index contributed by atoms with van der Waals surface area (Å²) in [5, 5.41) is 32.9. The number of aliphatic hydroxyl groups is 3. The van der Waals surface area contributed by atoms with Crippen LogP contribution in [0.2, 0.25) is 0 Å². The monoisotopic (exact) mass is 682 g/mol. The molecule has 0 aliphatic heterocycles. The van der Waals surface area contributed by atoms with Crippen LogP contribution >= 0.6 is 0 Å². The summed E-state index contributed by atoms with van der Waals surface area (Å²) in [6, 6.07) is 0. The zero-order valence-corrected chi connectivity index (χ0v) is 32.0. The van der Waals surface area contributed by atoms with Gasteiger partial charge in [0.1, 0.15) is 17.0 Å². The van der Waals surface area contributed by atoms with Gasteiger partial charge in [-0.25, -0.2) is 0 Å². The van der Waals surface area contributed by atoms with Gasteiger partial charge in [-0.3, -0.25) is 4.79 Å². The number of fused-ring (bicyclic) bond motifs is 10. The molecular weight excluding hydrogens is 617 g/mol. The summed E-state index contributed by atoms with van der Waals surface area (Å²) in [7, 11) is 0. The Bertz CT molecular complexity index is 1500. The molecular formula is C46H66O4. The fraction of sp³-hybridized carbons (Fsp3) is 0.804. The van der Waals surface area contributed by atoms with Crippen molar-refractivity contribution in [2.45, 2.75) is 136 Å². The van der Waals surface area contributed by atoms with Crippen LogP contribution in [0.15, 0.2) is 24.3 Å². The molecule has 0 aromatic carbocycles. The first-order valence-electron chi connectivity index (χ1n) is 20.4. The third-order valence-electron chi connectivity index (χ3n) is 17.8. The van der Waals surface area contributed by atoms with Gasteiger partial charge >= 0.3 is 0 Å². The van der Waals surface area contributed by atoms with Gasteiger partial charge in [-0.1, -0.05) is 77.7 Å². The number of carbonyl (C=O) groups is 1. The van der Waals surface area contributed by atoms with E-state index in [0.29, 0.717) is 76.8 Å². The van der Waals surface area contributed by atoms with Crippen molar-refractivity contribution in [3.05, 3.63) is 24.3 Å². The number of rotatable bonds is 0. The van der Waals surface area contributed by atoms with Crippen LogP contribution in [0.25, 0.3) is 0 Å². The number of hydrogen-bond donors (Lipinski definition) is 3. The highest BCUT2D eigenvalue weighted by Gasteiger charge is 2.68. The number of carbonyl (C=O) groups excluding carboxylic acids is 1. The molecule has 0 amide bonds. The smallest absolute Gasteiger partial charge is 0.133 e. The molecule has 3 N–H and O–H groups in total. The molecule has 4 nitrogen and oxygen atoms in total. The van der Waals surface area contributed by atoms with Gasteiger partial charge in [0.2, 0.25) is 0 Å². The molecule has 8 aliphatic rings. The van der Waals surface area contributed by atoms with Gasteiger partial charge in [0.25, 0.3) is 0 Å². The van der Waals surface area contributed by atoms with Crippen LogP contribution in [0.4, 0.5) is 0 Å². The predicted octanol–water partition coefficient (Wildman–Crippen LogP) is 8.25. The predicted molar refractivity (Wildman–Crippen MR) is 200 cm³/mol. The Morgan fingerprint density at radius 2 is 1.16 bits per heavy atom. The van der Waals surface area contributed by atoms with E-state index in [1.54, 1.807) is 0 Å². The molecule has 0 bridgehead atoms. The zero-order valence-electron chi connectivity index (χ0n) is 32.0. The summed E-state index contributed by atoms with van der Waals surface area (Å²) in [6.07, 6.45) is 23.3. The summed E-state index contributed by atoms with van der Waals surface area (Å²) < 4.78 is 0. The Labute approximate surface area is 303 Å². The molecule has 0 spiro atoms. The van der Waals surface area contributed by atoms with Crippen LogP contribution in [0.5, 0.6) is 0 Å². The van der Waals surface area contributed by atoms with Crippen molar-refractivity contribution in [2.24, 2.45) is 93.7 Å². The molecule has 8 rings (SSSR count). The topological polar surface area (TPSA) is 77.8 Å². The molecule has 0 aromatic heterocycles. The largest absolute Gasteiger partial charge is 0.393 e. The summed E-state index contributed by atoms with van der Waals surface area (Å²) in [5.74, 6) is 13.2. The van der Waals surface area contributed by atoms with Gasteiger partial charge in [0, 0.05) is 23.7 Å². The first-order chi connectivity index (χ1) is 23.5. The highest BCUT2D eigenvalue weighted by molar-refractivity contribution is 5.79. The highest BCUT2D eigenvalue weighted by atomic mass is 16.3. The molecule has 0 saturated heterocycles. The first kappa shape index (κ1) is 36.5. The third-order valence-corrected chi connectivity index (χ3v) is 17.8. The summed E-state index contributed by atoms with van der Waals surface area (Å²) in [5.41, 5.74) is 0.0850. The van der Waals surface area contributed by atoms with Gasteiger partial charge < -0.3 is 15.3 Å². The molecule has 8 saturated carbocycles. The second-order valence-corrected chi connectivity index (χ2v) is 20.0. The summed E-state index contributed by atoms with van der Waals surface area (Å²) in [6.45, 7) is 22.5. The number of aliphatic hydroxyl groups excluding tert-OH is 1. The van der Waals surface area contributed by atoms with Crippen LogP contribution in [-0.2, 0) is 4.79 Å². The van der Waals surface area contributed by atoms with Gasteiger partial charge in [-0.05, 0) is 147 Å². The maximum Gasteiger partial charge on any atom is 0.133 e. The Morgan fingerprint density at radius 3 is 1.64 bits per heavy atom. The fourth-order valence-corrected chi connectivity index (χ4v) is 15.6. The van der Waals surface area contributed by atoms with Crippen LogP contribution < -0.4 is 0 Å². The molecule has 19 atom stereocenters. The lowest BCUT2D eigenvalue weighted by molar-refractivity contribution is -0.130. The van der Waals surface area contributed by atoms with E-state index in [1.807, 2.05) is 0 Å². The fourth-order valence-electron chi connectivity index (χ4n) is 15.6. The van der Waals surface area contributed by atoms with E-state index >= 15 is 0 Å². The second-order valence-electron chi connectivity index (χ2n) is 20.0. The van der Waals surface area contributed by atoms with Gasteiger partial charge in [0.15, 0.2) is 0 Å². The van der Waals surface area contributed by atoms with Crippen molar-refractivity contribution < 1.29 is 20.1 Å². The lowest BCUT2D eigenvalue weighted by Crippen LogP contribution is -2.56. The number of terminal acetylenes is 2. The average Bonchev–Trinajstić information content (AvgIpc) is 3.38. The van der Waals surface area contributed by atoms with E-state index in [4.69, 9.17) is 12.8 Å². The van der Waals surface area contributed by atoms with E-state index in [-0.39, 0.29) is 28.8 Å². The molecule has 4 heteroatoms. The van der Waals surface area contributed by atoms with E-state index in [9.17, 15) is 20.1 Å². The van der Waals surface area contributed by atoms with Crippen molar-refractivity contribution in [1.82, 2.24) is 0 Å². The highest BCUT2D eigenvalue weighted by Crippen LogP contribution is 2.70. The standard InChI is InChI=1S/C23H34O2.C23H32O2/c2*1-6-23(25)15(4)10-19-21-13(2)9-16-11-17(24)7-8-18(16)20(21)14(3)12-22(19,23)5/h1,13,15-21,24-25H,3,7-12H2,2,4-5H3;1,13,15-16,18-21,25H,3,7-12H2,2,4-5H3/t13-,15-,16+,17+,18?,19?,20?,21?,22+,23+;13-,15-,16+,18?,19?,20?,21?,22+,23+/m11/s1. The second kappa shape index (κ2) is 12.4. The zero-order chi connectivity index (χ0) is 36.3. The number of allylic oxidation sites excluding steroid dienone is 2. The molecule has 0 aromatic rings. The minimum Gasteiger partial charge on any atom is -0.393 e. The first-order valence-corrected chi connectivity index (χ1v) is 20.4. The molecule has 8 unspecified atom stereocenters. The minimum atomic E-state index is -1.02. The van der Waals surface area contributed by atoms with Crippen LogP contribution in [0.1, 0.15) is 119 Å². The van der Waals surface area contributed by atoms with E-state index in [1.165, 1.54) is 17.6 Å². The molecule has 8 aliphatic carbocycles. The maximum atomic E-state index is 12.0. The maximum absolute atomic E-state index is 12.0. The molecule has 50 heavy (non-hydrogen) atoms. The quantitative estimate of drug-likeness (QED) is 0.178. The van der Waals surface area contributed by atoms with Crippen molar-refractivity contribution in [3.8, 4) is 24.7 Å². The lowest BCUT2D eigenvalue weighted by Gasteiger charge is -2.59. The van der Waals surface area contributed by atoms with Crippen molar-refractivity contribution in [2.75, 3.05) is 0 Å². The van der Waals surface area contributed by atoms with Crippen LogP contribution in [0.3, 0.4) is 0 Å². The molecule has 0 radical (unpaired) electrons. The van der Waals surface area contributed by atoms with Crippen molar-refractivity contribution >= 4 is 5.78 Å². The Hall–Kier alpha value is -1.85. The van der Waals surface area contributed by atoms with Crippen molar-refractivity contribution in [1.29, 1.82) is 0 Å². The minimum absolute atomic E-state index is 0.106. The molecule has 8 fully saturated rings. The van der Waals surface area contributed by atoms with E-state index in [0.717, 1.165) is 70.6 Å². The van der Waals surface area contributed by atoms with Crippen molar-refractivity contribution in [3.63, 3.8) is 0 Å². The Balaban J connectivity index is 0.000000157. The summed E-state index contributed by atoms with van der Waals surface area (Å²) >= 11 is 0. The number of ketones is 1. The molecule has 274 valence electrons. The van der Waals surface area contributed by atoms with Crippen LogP contribution in [-0.4, -0.2) is 38.4 Å². The summed E-state index contributed by atoms with van der Waals surface area (Å²) in [4.78, 5) is 12.0.